The van der Waals surface area contributed by atoms with Crippen LogP contribution in [-0.2, 0) is 21.9 Å². The first-order chi connectivity index (χ1) is 17.9. The molecule has 0 spiro atoms. The van der Waals surface area contributed by atoms with Crippen LogP contribution in [0.5, 0.6) is 11.5 Å². The number of ether oxygens (including phenoxy) is 4. The largest absolute Gasteiger partial charge is 0.493 e. The van der Waals surface area contributed by atoms with Crippen LogP contribution in [0.15, 0.2) is 30.3 Å². The Morgan fingerprint density at radius 3 is 2.45 bits per heavy atom. The molecular formula is C27H32F3N3O5. The minimum atomic E-state index is -3.79. The number of nitrogens with one attached hydrogen (secondary N) is 1. The molecule has 4 rings (SSSR count). The summed E-state index contributed by atoms with van der Waals surface area (Å²) in [6.07, 6.45) is 0. The maximum Gasteiger partial charge on any atom is 0.303 e. The Balaban J connectivity index is 1.64. The van der Waals surface area contributed by atoms with Gasteiger partial charge in [0.05, 0.1) is 43.4 Å². The Hall–Kier alpha value is -3.15. The Kier molecular flexibility index (Phi) is 7.74. The molecule has 206 valence electrons. The van der Waals surface area contributed by atoms with Crippen molar-refractivity contribution in [1.82, 2.24) is 9.97 Å². The third-order valence-corrected chi connectivity index (χ3v) is 6.53. The normalized spacial score (nSPS) is 15.3. The first-order valence-electron chi connectivity index (χ1n) is 12.1. The van der Waals surface area contributed by atoms with Gasteiger partial charge >= 0.3 is 5.92 Å². The van der Waals surface area contributed by atoms with Gasteiger partial charge in [0.1, 0.15) is 29.7 Å². The second-order valence-electron chi connectivity index (χ2n) is 10.1. The fourth-order valence-electron chi connectivity index (χ4n) is 4.26. The Bertz CT molecular complexity index is 1310. The van der Waals surface area contributed by atoms with Crippen LogP contribution < -0.4 is 14.8 Å². The van der Waals surface area contributed by atoms with Crippen molar-refractivity contribution in [2.75, 3.05) is 46.0 Å². The first-order valence-corrected chi connectivity index (χ1v) is 12.1. The number of halogens is 3. The topological polar surface area (TPSA) is 95.0 Å². The minimum Gasteiger partial charge on any atom is -0.493 e. The monoisotopic (exact) mass is 535 g/mol. The summed E-state index contributed by atoms with van der Waals surface area (Å²) in [5, 5.41) is 13.5. The molecule has 1 aliphatic heterocycles. The second-order valence-corrected chi connectivity index (χ2v) is 10.1. The fourth-order valence-corrected chi connectivity index (χ4v) is 4.26. The van der Waals surface area contributed by atoms with Crippen LogP contribution in [-0.4, -0.2) is 61.3 Å². The molecule has 0 atom stereocenters. The number of hydrogen-bond donors (Lipinski definition) is 2. The molecule has 1 saturated heterocycles. The van der Waals surface area contributed by atoms with Gasteiger partial charge in [0.2, 0.25) is 0 Å². The zero-order valence-corrected chi connectivity index (χ0v) is 22.0. The Morgan fingerprint density at radius 2 is 1.84 bits per heavy atom. The summed E-state index contributed by atoms with van der Waals surface area (Å²) in [7, 11) is 3.15. The van der Waals surface area contributed by atoms with E-state index in [1.165, 1.54) is 19.2 Å². The maximum absolute atomic E-state index is 15.2. The Labute approximate surface area is 219 Å². The predicted octanol–water partition coefficient (Wildman–Crippen LogP) is 4.60. The molecule has 0 unspecified atom stereocenters. The van der Waals surface area contributed by atoms with Gasteiger partial charge in [-0.1, -0.05) is 12.1 Å². The number of methoxy groups -OCH3 is 2. The van der Waals surface area contributed by atoms with E-state index < -0.39 is 22.9 Å². The lowest BCUT2D eigenvalue weighted by Gasteiger charge is -2.40. The highest BCUT2D eigenvalue weighted by molar-refractivity contribution is 5.91. The van der Waals surface area contributed by atoms with Crippen LogP contribution in [0.1, 0.15) is 30.8 Å². The average Bonchev–Trinajstić information content (AvgIpc) is 2.83. The van der Waals surface area contributed by atoms with Crippen molar-refractivity contribution in [2.24, 2.45) is 5.41 Å². The van der Waals surface area contributed by atoms with Gasteiger partial charge in [-0.25, -0.2) is 14.4 Å². The third kappa shape index (κ3) is 5.36. The number of aryl methyl sites for hydroxylation is 1. The first kappa shape index (κ1) is 27.9. The molecule has 1 aromatic heterocycles. The summed E-state index contributed by atoms with van der Waals surface area (Å²) in [6, 6.07) is 7.15. The van der Waals surface area contributed by atoms with Crippen molar-refractivity contribution in [1.29, 1.82) is 0 Å². The van der Waals surface area contributed by atoms with E-state index in [9.17, 15) is 13.9 Å². The summed E-state index contributed by atoms with van der Waals surface area (Å²) in [5.41, 5.74) is -3.02. The molecule has 2 aromatic carbocycles. The van der Waals surface area contributed by atoms with Gasteiger partial charge in [-0.05, 0) is 32.9 Å². The van der Waals surface area contributed by atoms with E-state index >= 15 is 4.39 Å². The highest BCUT2D eigenvalue weighted by Crippen LogP contribution is 2.41. The molecule has 2 N–H and O–H groups in total. The third-order valence-electron chi connectivity index (χ3n) is 6.53. The van der Waals surface area contributed by atoms with Crippen LogP contribution in [0, 0.1) is 18.2 Å². The molecule has 1 fully saturated rings. The summed E-state index contributed by atoms with van der Waals surface area (Å²) in [4.78, 5) is 8.92. The molecule has 0 radical (unpaired) electrons. The molecule has 38 heavy (non-hydrogen) atoms. The lowest BCUT2D eigenvalue weighted by molar-refractivity contribution is -0.170. The van der Waals surface area contributed by atoms with Gasteiger partial charge < -0.3 is 29.4 Å². The number of alkyl halides is 2. The van der Waals surface area contributed by atoms with Crippen molar-refractivity contribution in [3.05, 3.63) is 53.1 Å². The van der Waals surface area contributed by atoms with Crippen LogP contribution >= 0.6 is 0 Å². The summed E-state index contributed by atoms with van der Waals surface area (Å²) in [6.45, 7) is 5.31. The van der Waals surface area contributed by atoms with E-state index in [2.05, 4.69) is 15.3 Å². The zero-order chi connectivity index (χ0) is 27.7. The number of anilines is 1. The number of rotatable bonds is 11. The predicted molar refractivity (Wildman–Crippen MR) is 135 cm³/mol. The zero-order valence-electron chi connectivity index (χ0n) is 22.0. The summed E-state index contributed by atoms with van der Waals surface area (Å²) < 4.78 is 66.9. The SMILES string of the molecule is COCC1(COc2cc3c(NCc4cccc(C(F)(F)C(C)(C)O)c4F)nc(C)nc3cc2OC)COC1. The van der Waals surface area contributed by atoms with Gasteiger partial charge in [-0.2, -0.15) is 8.78 Å². The van der Waals surface area contributed by atoms with Crippen LogP contribution in [0.3, 0.4) is 0 Å². The van der Waals surface area contributed by atoms with E-state index in [0.717, 1.165) is 19.9 Å². The number of aliphatic hydroxyl groups is 1. The van der Waals surface area contributed by atoms with E-state index in [1.807, 2.05) is 0 Å². The summed E-state index contributed by atoms with van der Waals surface area (Å²) in [5.74, 6) is -3.14. The lowest BCUT2D eigenvalue weighted by atomic mass is 9.88. The van der Waals surface area contributed by atoms with Gasteiger partial charge in [-0.3, -0.25) is 0 Å². The van der Waals surface area contributed by atoms with Crippen molar-refractivity contribution in [3.8, 4) is 11.5 Å². The molecular weight excluding hydrogens is 503 g/mol. The van der Waals surface area contributed by atoms with E-state index in [4.69, 9.17) is 18.9 Å². The summed E-state index contributed by atoms with van der Waals surface area (Å²) >= 11 is 0. The fraction of sp³-hybridized carbons (Fsp3) is 0.481. The van der Waals surface area contributed by atoms with Crippen molar-refractivity contribution < 1.29 is 37.2 Å². The number of hydrogen-bond acceptors (Lipinski definition) is 8. The highest BCUT2D eigenvalue weighted by atomic mass is 19.3. The van der Waals surface area contributed by atoms with Gasteiger partial charge in [0.15, 0.2) is 11.5 Å². The van der Waals surface area contributed by atoms with E-state index in [1.54, 1.807) is 26.2 Å². The molecule has 0 amide bonds. The maximum atomic E-state index is 15.2. The highest BCUT2D eigenvalue weighted by Gasteiger charge is 2.49. The van der Waals surface area contributed by atoms with E-state index in [-0.39, 0.29) is 17.5 Å². The molecule has 1 aliphatic rings. The number of aromatic nitrogens is 2. The number of nitrogens with zero attached hydrogens (tertiary/aromatic N) is 2. The molecule has 11 heteroatoms. The molecule has 8 nitrogen and oxygen atoms in total. The molecule has 0 saturated carbocycles. The standard InChI is InChI=1S/C27H32F3N3O5/c1-16-32-20-10-21(36-5)22(38-15-26(12-35-4)13-37-14-26)9-18(20)24(33-16)31-11-17-7-6-8-19(23(17)28)27(29,30)25(2,3)34/h6-10,34H,11-15H2,1-5H3,(H,31,32,33). The average molecular weight is 536 g/mol. The van der Waals surface area contributed by atoms with Crippen LogP contribution in [0.4, 0.5) is 19.0 Å². The van der Waals surface area contributed by atoms with Crippen molar-refractivity contribution in [3.63, 3.8) is 0 Å². The number of fused-ring (bicyclic) bond motifs is 1. The Morgan fingerprint density at radius 1 is 1.11 bits per heavy atom. The smallest absolute Gasteiger partial charge is 0.303 e. The lowest BCUT2D eigenvalue weighted by Crippen LogP contribution is -2.50. The molecule has 0 bridgehead atoms. The van der Waals surface area contributed by atoms with Crippen molar-refractivity contribution >= 4 is 16.7 Å². The number of benzene rings is 2. The van der Waals surface area contributed by atoms with Gasteiger partial charge in [-0.15, -0.1) is 0 Å². The van der Waals surface area contributed by atoms with Gasteiger partial charge in [0.25, 0.3) is 0 Å². The molecule has 3 aromatic rings. The van der Waals surface area contributed by atoms with Crippen LogP contribution in [0.2, 0.25) is 0 Å². The van der Waals surface area contributed by atoms with Crippen LogP contribution in [0.25, 0.3) is 10.9 Å². The minimum absolute atomic E-state index is 0.00711. The van der Waals surface area contributed by atoms with Crippen molar-refractivity contribution in [2.45, 2.75) is 38.8 Å². The second kappa shape index (κ2) is 10.5. The molecule has 0 aliphatic carbocycles. The van der Waals surface area contributed by atoms with Gasteiger partial charge in [0, 0.05) is 30.7 Å². The molecule has 2 heterocycles. The van der Waals surface area contributed by atoms with E-state index in [0.29, 0.717) is 60.5 Å². The quantitative estimate of drug-likeness (QED) is 0.368.